The highest BCUT2D eigenvalue weighted by Gasteiger charge is 2.27. The third-order valence-electron chi connectivity index (χ3n) is 4.72. The van der Waals surface area contributed by atoms with E-state index in [4.69, 9.17) is 25.8 Å². The van der Waals surface area contributed by atoms with E-state index in [1.807, 2.05) is 0 Å². The van der Waals surface area contributed by atoms with Gasteiger partial charge in [-0.15, -0.1) is 0 Å². The van der Waals surface area contributed by atoms with Crippen molar-refractivity contribution in [2.45, 2.75) is 77.9 Å². The van der Waals surface area contributed by atoms with Gasteiger partial charge in [-0.25, -0.2) is 9.59 Å². The number of hydrogen-bond acceptors (Lipinski definition) is 7. The lowest BCUT2D eigenvalue weighted by Crippen LogP contribution is -2.27. The lowest BCUT2D eigenvalue weighted by atomic mass is 9.99. The van der Waals surface area contributed by atoms with Crippen LogP contribution in [-0.2, 0) is 25.5 Å². The van der Waals surface area contributed by atoms with Gasteiger partial charge in [0.1, 0.15) is 22.7 Å². The van der Waals surface area contributed by atoms with Crippen molar-refractivity contribution in [1.82, 2.24) is 0 Å². The number of ether oxygens (including phenoxy) is 3. The van der Waals surface area contributed by atoms with Crippen molar-refractivity contribution in [2.24, 2.45) is 0 Å². The number of cyclic esters (lactones) is 1. The van der Waals surface area contributed by atoms with Gasteiger partial charge in [-0.05, 0) is 59.5 Å². The Morgan fingerprint density at radius 1 is 1.25 bits per heavy atom. The summed E-state index contributed by atoms with van der Waals surface area (Å²) in [6.45, 7) is 6.50. The topological polar surface area (TPSA) is 99.1 Å². The van der Waals surface area contributed by atoms with Crippen LogP contribution < -0.4 is 4.74 Å². The lowest BCUT2D eigenvalue weighted by Gasteiger charge is -2.21. The molecule has 32 heavy (non-hydrogen) atoms. The van der Waals surface area contributed by atoms with Gasteiger partial charge in [0.15, 0.2) is 12.4 Å². The molecule has 1 N–H and O–H groups in total. The Balaban J connectivity index is 2.38. The fraction of sp³-hybridized carbons (Fsp3) is 0.542. The minimum atomic E-state index is -0.764. The van der Waals surface area contributed by atoms with Crippen LogP contribution in [0.25, 0.3) is 0 Å². The maximum absolute atomic E-state index is 12.8. The van der Waals surface area contributed by atoms with E-state index >= 15 is 0 Å². The highest BCUT2D eigenvalue weighted by molar-refractivity contribution is 6.33. The van der Waals surface area contributed by atoms with Gasteiger partial charge in [0.2, 0.25) is 0 Å². The van der Waals surface area contributed by atoms with Crippen LogP contribution in [0.3, 0.4) is 0 Å². The predicted molar refractivity (Wildman–Crippen MR) is 120 cm³/mol. The van der Waals surface area contributed by atoms with Crippen LogP contribution in [0, 0.1) is 0 Å². The molecule has 0 saturated heterocycles. The molecule has 1 aromatic rings. The first-order valence-electron chi connectivity index (χ1n) is 10.8. The Morgan fingerprint density at radius 2 is 1.97 bits per heavy atom. The van der Waals surface area contributed by atoms with Crippen LogP contribution in [-0.4, -0.2) is 41.1 Å². The largest absolute Gasteiger partial charge is 0.507 e. The summed E-state index contributed by atoms with van der Waals surface area (Å²) in [7, 11) is 0. The van der Waals surface area contributed by atoms with Crippen molar-refractivity contribution in [1.29, 1.82) is 0 Å². The van der Waals surface area contributed by atoms with Gasteiger partial charge in [-0.2, -0.15) is 0 Å². The van der Waals surface area contributed by atoms with Crippen LogP contribution in [0.15, 0.2) is 18.2 Å². The van der Waals surface area contributed by atoms with Gasteiger partial charge < -0.3 is 19.3 Å². The number of carbonyl (C=O) groups is 3. The third-order valence-corrected chi connectivity index (χ3v) is 5.14. The summed E-state index contributed by atoms with van der Waals surface area (Å²) in [6.07, 6.45) is 6.90. The molecule has 0 aliphatic carbocycles. The number of allylic oxidation sites excluding steroid dienone is 2. The van der Waals surface area contributed by atoms with Crippen molar-refractivity contribution in [3.8, 4) is 11.5 Å². The van der Waals surface area contributed by atoms with Crippen LogP contribution in [0.4, 0.5) is 0 Å². The molecule has 0 radical (unpaired) electrons. The second kappa shape index (κ2) is 11.4. The quantitative estimate of drug-likeness (QED) is 0.629. The number of fused-ring (bicyclic) bond motifs is 1. The minimum absolute atomic E-state index is 0.0347. The number of esters is 2. The predicted octanol–water partition coefficient (Wildman–Crippen LogP) is 4.94. The van der Waals surface area contributed by atoms with E-state index < -0.39 is 29.9 Å². The number of rotatable bonds is 3. The molecule has 0 unspecified atom stereocenters. The van der Waals surface area contributed by atoms with Crippen LogP contribution in [0.1, 0.15) is 75.7 Å². The molecule has 1 aliphatic rings. The van der Waals surface area contributed by atoms with Crippen molar-refractivity contribution in [3.63, 3.8) is 0 Å². The second-order valence-corrected chi connectivity index (χ2v) is 9.21. The smallest absolute Gasteiger partial charge is 0.344 e. The van der Waals surface area contributed by atoms with Crippen molar-refractivity contribution < 1.29 is 33.7 Å². The molecule has 1 heterocycles. The van der Waals surface area contributed by atoms with Crippen LogP contribution >= 0.6 is 11.6 Å². The van der Waals surface area contributed by atoms with E-state index in [0.29, 0.717) is 6.42 Å². The SMILES string of the molecule is C[C@@H]1CCCCC/C=C/C(=O)Cc2c(Cl)c(OCC(=O)OC(C)(C)C)cc(O)c2C(=O)O1. The summed E-state index contributed by atoms with van der Waals surface area (Å²) in [5, 5.41) is 10.5. The maximum atomic E-state index is 12.8. The molecule has 176 valence electrons. The molecular formula is C24H31ClO7. The monoisotopic (exact) mass is 466 g/mol. The maximum Gasteiger partial charge on any atom is 0.344 e. The highest BCUT2D eigenvalue weighted by Crippen LogP contribution is 2.38. The molecule has 0 saturated carbocycles. The molecule has 1 aromatic carbocycles. The number of ketones is 1. The van der Waals surface area contributed by atoms with Crippen molar-refractivity contribution >= 4 is 29.3 Å². The molecule has 8 heteroatoms. The lowest BCUT2D eigenvalue weighted by molar-refractivity contribution is -0.157. The molecule has 7 nitrogen and oxygen atoms in total. The van der Waals surface area contributed by atoms with Crippen LogP contribution in [0.2, 0.25) is 5.02 Å². The summed E-state index contributed by atoms with van der Waals surface area (Å²) in [5.74, 6) is -2.15. The number of phenols is 1. The average molecular weight is 467 g/mol. The summed E-state index contributed by atoms with van der Waals surface area (Å²) in [6, 6.07) is 1.14. The van der Waals surface area contributed by atoms with E-state index in [2.05, 4.69) is 0 Å². The number of hydrogen-bond donors (Lipinski definition) is 1. The zero-order valence-electron chi connectivity index (χ0n) is 19.0. The molecule has 0 aromatic heterocycles. The van der Waals surface area contributed by atoms with E-state index in [1.165, 1.54) is 6.08 Å². The summed E-state index contributed by atoms with van der Waals surface area (Å²) < 4.78 is 16.1. The fourth-order valence-electron chi connectivity index (χ4n) is 3.30. The average Bonchev–Trinajstić information content (AvgIpc) is 2.66. The molecule has 0 amide bonds. The highest BCUT2D eigenvalue weighted by atomic mass is 35.5. The first-order valence-corrected chi connectivity index (χ1v) is 11.1. The number of benzene rings is 1. The molecule has 0 spiro atoms. The van der Waals surface area contributed by atoms with E-state index in [1.54, 1.807) is 33.8 Å². The summed E-state index contributed by atoms with van der Waals surface area (Å²) in [4.78, 5) is 37.3. The molecule has 0 fully saturated rings. The number of aromatic hydroxyl groups is 1. The molecule has 1 atom stereocenters. The van der Waals surface area contributed by atoms with Gasteiger partial charge in [-0.1, -0.05) is 24.1 Å². The minimum Gasteiger partial charge on any atom is -0.507 e. The van der Waals surface area contributed by atoms with Crippen LogP contribution in [0.5, 0.6) is 11.5 Å². The second-order valence-electron chi connectivity index (χ2n) is 8.84. The Kier molecular flexibility index (Phi) is 9.13. The Morgan fingerprint density at radius 3 is 2.66 bits per heavy atom. The Bertz CT molecular complexity index is 883. The molecular weight excluding hydrogens is 436 g/mol. The van der Waals surface area contributed by atoms with Gasteiger partial charge in [0.25, 0.3) is 0 Å². The first-order chi connectivity index (χ1) is 15.0. The Hall–Kier alpha value is -2.54. The number of carbonyl (C=O) groups excluding carboxylic acids is 3. The normalized spacial score (nSPS) is 19.3. The fourth-order valence-corrected chi connectivity index (χ4v) is 3.57. The summed E-state index contributed by atoms with van der Waals surface area (Å²) >= 11 is 6.46. The molecule has 0 bridgehead atoms. The van der Waals surface area contributed by atoms with E-state index in [0.717, 1.165) is 31.7 Å². The van der Waals surface area contributed by atoms with E-state index in [-0.39, 0.29) is 40.2 Å². The van der Waals surface area contributed by atoms with Gasteiger partial charge in [-0.3, -0.25) is 4.79 Å². The zero-order chi connectivity index (χ0) is 23.9. The van der Waals surface area contributed by atoms with Crippen molar-refractivity contribution in [2.75, 3.05) is 6.61 Å². The third kappa shape index (κ3) is 7.86. The van der Waals surface area contributed by atoms with E-state index in [9.17, 15) is 19.5 Å². The van der Waals surface area contributed by atoms with Gasteiger partial charge in [0, 0.05) is 18.1 Å². The standard InChI is InChI=1S/C24H31ClO7/c1-15-10-8-6-5-7-9-11-16(26)12-17-21(23(29)31-15)18(27)13-19(22(17)25)30-14-20(28)32-24(2,3)4/h9,11,13,15,27H,5-8,10,12,14H2,1-4H3/b11-9+/t15-/m1/s1. The Labute approximate surface area is 193 Å². The molecule has 2 rings (SSSR count). The molecule has 1 aliphatic heterocycles. The van der Waals surface area contributed by atoms with Gasteiger partial charge >= 0.3 is 11.9 Å². The zero-order valence-corrected chi connectivity index (χ0v) is 19.8. The number of halogens is 1. The van der Waals surface area contributed by atoms with Gasteiger partial charge in [0.05, 0.1) is 11.1 Å². The summed E-state index contributed by atoms with van der Waals surface area (Å²) in [5.41, 5.74) is -0.775. The first kappa shape index (κ1) is 25.7. The van der Waals surface area contributed by atoms with Crippen molar-refractivity contribution in [3.05, 3.63) is 34.4 Å². The number of phenolic OH excluding ortho intramolecular Hbond substituents is 1.